The Morgan fingerprint density at radius 2 is 1.93 bits per heavy atom. The van der Waals surface area contributed by atoms with Crippen LogP contribution in [0.5, 0.6) is 0 Å². The third kappa shape index (κ3) is 2.27. The molecule has 0 atom stereocenters. The lowest BCUT2D eigenvalue weighted by molar-refractivity contribution is 0.228. The molecule has 1 aromatic rings. The Morgan fingerprint density at radius 1 is 1.36 bits per heavy atom. The van der Waals surface area contributed by atoms with E-state index in [0.717, 1.165) is 0 Å². The second-order valence-electron chi connectivity index (χ2n) is 2.81. The van der Waals surface area contributed by atoms with Gasteiger partial charge in [0.1, 0.15) is 5.44 Å². The van der Waals surface area contributed by atoms with E-state index < -0.39 is 7.60 Å². The first-order valence-corrected chi connectivity index (χ1v) is 6.19. The lowest BCUT2D eigenvalue weighted by Gasteiger charge is -2.17. The van der Waals surface area contributed by atoms with Crippen molar-refractivity contribution in [3.63, 3.8) is 0 Å². The zero-order valence-electron chi connectivity index (χ0n) is 8.77. The molecule has 0 saturated heterocycles. The molecule has 0 aliphatic rings. The van der Waals surface area contributed by atoms with E-state index in [-0.39, 0.29) is 0 Å². The fraction of sp³-hybridized carbons (Fsp3) is 0.556. The molecule has 0 fully saturated rings. The van der Waals surface area contributed by atoms with Gasteiger partial charge in [-0.3, -0.25) is 4.57 Å². The summed E-state index contributed by atoms with van der Waals surface area (Å²) in [5, 5.41) is 0. The lowest BCUT2D eigenvalue weighted by atomic mass is 10.7. The maximum atomic E-state index is 12.2. The molecule has 0 amide bonds. The summed E-state index contributed by atoms with van der Waals surface area (Å²) >= 11 is 0. The van der Waals surface area contributed by atoms with Gasteiger partial charge in [-0.2, -0.15) is 0 Å². The van der Waals surface area contributed by atoms with Crippen LogP contribution in [0.2, 0.25) is 0 Å². The highest BCUT2D eigenvalue weighted by atomic mass is 31.2. The van der Waals surface area contributed by atoms with Gasteiger partial charge in [-0.25, -0.2) is 0 Å². The molecule has 0 radical (unpaired) electrons. The van der Waals surface area contributed by atoms with Crippen molar-refractivity contribution >= 4 is 13.0 Å². The van der Waals surface area contributed by atoms with Crippen LogP contribution >= 0.6 is 7.60 Å². The van der Waals surface area contributed by atoms with Gasteiger partial charge < -0.3 is 13.6 Å². The van der Waals surface area contributed by atoms with E-state index in [2.05, 4.69) is 0 Å². The first-order valence-electron chi connectivity index (χ1n) is 4.65. The Kier molecular flexibility index (Phi) is 3.93. The van der Waals surface area contributed by atoms with Crippen LogP contribution in [0.25, 0.3) is 0 Å². The number of hydrogen-bond acceptors (Lipinski definition) is 3. The zero-order valence-corrected chi connectivity index (χ0v) is 9.66. The molecule has 0 N–H and O–H groups in total. The van der Waals surface area contributed by atoms with Gasteiger partial charge in [0, 0.05) is 13.2 Å². The third-order valence-electron chi connectivity index (χ3n) is 1.80. The average molecular weight is 217 g/mol. The molecule has 1 rings (SSSR count). The molecule has 14 heavy (non-hydrogen) atoms. The van der Waals surface area contributed by atoms with Crippen LogP contribution in [-0.4, -0.2) is 17.8 Å². The number of aromatic nitrogens is 1. The van der Waals surface area contributed by atoms with Crippen molar-refractivity contribution in [1.82, 2.24) is 4.57 Å². The Hall–Kier alpha value is -0.570. The monoisotopic (exact) mass is 217 g/mol. The largest absolute Gasteiger partial charge is 0.377 e. The molecule has 0 aromatic carbocycles. The van der Waals surface area contributed by atoms with E-state index in [0.29, 0.717) is 18.6 Å². The smallest absolute Gasteiger partial charge is 0.344 e. The van der Waals surface area contributed by atoms with Crippen LogP contribution in [-0.2, 0) is 20.7 Å². The topological polar surface area (TPSA) is 40.5 Å². The highest BCUT2D eigenvalue weighted by Crippen LogP contribution is 2.46. The zero-order chi connectivity index (χ0) is 10.6. The summed E-state index contributed by atoms with van der Waals surface area (Å²) in [4.78, 5) is 0. The van der Waals surface area contributed by atoms with Crippen LogP contribution in [0.3, 0.4) is 0 Å². The summed E-state index contributed by atoms with van der Waals surface area (Å²) in [5.41, 5.74) is 0.598. The van der Waals surface area contributed by atoms with Crippen LogP contribution in [0.1, 0.15) is 13.8 Å². The van der Waals surface area contributed by atoms with Gasteiger partial charge >= 0.3 is 7.60 Å². The van der Waals surface area contributed by atoms with Crippen LogP contribution in [0.15, 0.2) is 18.3 Å². The maximum absolute atomic E-state index is 12.2. The second kappa shape index (κ2) is 4.78. The minimum atomic E-state index is -3.10. The number of hydrogen-bond donors (Lipinski definition) is 0. The predicted octanol–water partition coefficient (Wildman–Crippen LogP) is 1.92. The molecule has 0 bridgehead atoms. The van der Waals surface area contributed by atoms with Crippen molar-refractivity contribution in [2.75, 3.05) is 13.2 Å². The minimum Gasteiger partial charge on any atom is -0.344 e. The average Bonchev–Trinajstić information content (AvgIpc) is 2.52. The van der Waals surface area contributed by atoms with Crippen LogP contribution in [0.4, 0.5) is 0 Å². The van der Waals surface area contributed by atoms with Crippen molar-refractivity contribution in [2.45, 2.75) is 13.8 Å². The van der Waals surface area contributed by atoms with Crippen LogP contribution < -0.4 is 5.44 Å². The van der Waals surface area contributed by atoms with Crippen molar-refractivity contribution in [3.8, 4) is 0 Å². The first-order chi connectivity index (χ1) is 6.64. The van der Waals surface area contributed by atoms with Gasteiger partial charge in [0.05, 0.1) is 13.2 Å². The standard InChI is InChI=1S/C9H16NO3P/c1-4-12-14(11,13-5-2)9-7-6-8-10(9)3/h6-8H,4-5H2,1-3H3. The fourth-order valence-electron chi connectivity index (χ4n) is 1.25. The van der Waals surface area contributed by atoms with Gasteiger partial charge in [-0.15, -0.1) is 0 Å². The first kappa shape index (κ1) is 11.5. The van der Waals surface area contributed by atoms with E-state index in [4.69, 9.17) is 9.05 Å². The number of nitrogens with zero attached hydrogens (tertiary/aromatic N) is 1. The predicted molar refractivity (Wildman–Crippen MR) is 55.9 cm³/mol. The molecule has 1 heterocycles. The SMILES string of the molecule is CCOP(=O)(OCC)c1cccn1C. The van der Waals surface area contributed by atoms with Crippen molar-refractivity contribution in [3.05, 3.63) is 18.3 Å². The minimum absolute atomic E-state index is 0.377. The Balaban J connectivity index is 2.99. The van der Waals surface area contributed by atoms with E-state index in [1.165, 1.54) is 0 Å². The highest BCUT2D eigenvalue weighted by Gasteiger charge is 2.28. The highest BCUT2D eigenvalue weighted by molar-refractivity contribution is 7.62. The lowest BCUT2D eigenvalue weighted by Crippen LogP contribution is -2.17. The second-order valence-corrected chi connectivity index (χ2v) is 4.78. The molecule has 4 nitrogen and oxygen atoms in total. The van der Waals surface area contributed by atoms with E-state index in [1.807, 2.05) is 19.3 Å². The quantitative estimate of drug-likeness (QED) is 0.707. The molecular weight excluding hydrogens is 201 g/mol. The summed E-state index contributed by atoms with van der Waals surface area (Å²) in [7, 11) is -1.28. The van der Waals surface area contributed by atoms with Gasteiger partial charge in [0.15, 0.2) is 0 Å². The van der Waals surface area contributed by atoms with Gasteiger partial charge in [0.25, 0.3) is 0 Å². The molecule has 1 aromatic heterocycles. The van der Waals surface area contributed by atoms with Gasteiger partial charge in [-0.05, 0) is 26.0 Å². The van der Waals surface area contributed by atoms with Gasteiger partial charge in [0.2, 0.25) is 0 Å². The molecule has 80 valence electrons. The summed E-state index contributed by atoms with van der Waals surface area (Å²) in [6.07, 6.45) is 1.82. The van der Waals surface area contributed by atoms with Crippen LogP contribution in [0, 0.1) is 0 Å². The maximum Gasteiger partial charge on any atom is 0.377 e. The van der Waals surface area contributed by atoms with Crippen molar-refractivity contribution in [2.24, 2.45) is 7.05 Å². The van der Waals surface area contributed by atoms with E-state index >= 15 is 0 Å². The van der Waals surface area contributed by atoms with Crippen molar-refractivity contribution < 1.29 is 13.6 Å². The Morgan fingerprint density at radius 3 is 2.29 bits per heavy atom. The van der Waals surface area contributed by atoms with Crippen molar-refractivity contribution in [1.29, 1.82) is 0 Å². The summed E-state index contributed by atoms with van der Waals surface area (Å²) in [6, 6.07) is 3.58. The molecule has 0 spiro atoms. The summed E-state index contributed by atoms with van der Waals surface area (Å²) in [5.74, 6) is 0. The molecule has 0 aliphatic carbocycles. The Labute approximate surface area is 84.4 Å². The Bertz CT molecular complexity index is 325. The van der Waals surface area contributed by atoms with E-state index in [1.54, 1.807) is 24.5 Å². The fourth-order valence-corrected chi connectivity index (χ4v) is 2.99. The molecule has 0 aliphatic heterocycles. The summed E-state index contributed by atoms with van der Waals surface area (Å²) in [6.45, 7) is 4.36. The van der Waals surface area contributed by atoms with E-state index in [9.17, 15) is 4.57 Å². The molecule has 0 saturated carbocycles. The summed E-state index contributed by atoms with van der Waals surface area (Å²) < 4.78 is 24.4. The number of rotatable bonds is 5. The molecule has 0 unspecified atom stereocenters. The molecular formula is C9H16NO3P. The molecule has 5 heteroatoms. The third-order valence-corrected chi connectivity index (χ3v) is 4.02. The normalized spacial score (nSPS) is 11.9. The van der Waals surface area contributed by atoms with Gasteiger partial charge in [-0.1, -0.05) is 0 Å². The number of aryl methyl sites for hydroxylation is 1.